The molecule has 120 valence electrons. The molecule has 2 N–H and O–H groups in total. The number of benzene rings is 1. The second-order valence-electron chi connectivity index (χ2n) is 5.42. The SMILES string of the molecule is O=C(Cc1csc(-c2ccccc2)n1)NC1(C(=O)O)CCSC1. The van der Waals surface area contributed by atoms with Crippen molar-refractivity contribution >= 4 is 35.0 Å². The third-order valence-electron chi connectivity index (χ3n) is 3.72. The van der Waals surface area contributed by atoms with Crippen molar-refractivity contribution in [3.63, 3.8) is 0 Å². The fourth-order valence-corrected chi connectivity index (χ4v) is 4.61. The van der Waals surface area contributed by atoms with E-state index in [2.05, 4.69) is 10.3 Å². The number of carbonyl (C=O) groups is 2. The first-order valence-electron chi connectivity index (χ1n) is 7.21. The minimum absolute atomic E-state index is 0.100. The molecular weight excluding hydrogens is 332 g/mol. The van der Waals surface area contributed by atoms with Crippen molar-refractivity contribution in [1.82, 2.24) is 10.3 Å². The molecule has 7 heteroatoms. The van der Waals surface area contributed by atoms with Gasteiger partial charge in [-0.3, -0.25) is 4.79 Å². The highest BCUT2D eigenvalue weighted by Crippen LogP contribution is 2.28. The van der Waals surface area contributed by atoms with Crippen LogP contribution in [0.1, 0.15) is 12.1 Å². The summed E-state index contributed by atoms with van der Waals surface area (Å²) in [4.78, 5) is 28.1. The number of nitrogens with zero attached hydrogens (tertiary/aromatic N) is 1. The van der Waals surface area contributed by atoms with E-state index < -0.39 is 11.5 Å². The molecule has 2 heterocycles. The number of rotatable bonds is 5. The Hall–Kier alpha value is -1.86. The number of nitrogens with one attached hydrogen (secondary N) is 1. The number of thiazole rings is 1. The lowest BCUT2D eigenvalue weighted by molar-refractivity contribution is -0.146. The summed E-state index contributed by atoms with van der Waals surface area (Å²) in [7, 11) is 0. The van der Waals surface area contributed by atoms with Gasteiger partial charge in [-0.05, 0) is 12.2 Å². The number of aromatic nitrogens is 1. The zero-order chi connectivity index (χ0) is 16.3. The fourth-order valence-electron chi connectivity index (χ4n) is 2.46. The van der Waals surface area contributed by atoms with Crippen LogP contribution < -0.4 is 5.32 Å². The largest absolute Gasteiger partial charge is 0.479 e. The molecule has 0 spiro atoms. The number of carboxylic acids is 1. The fraction of sp³-hybridized carbons (Fsp3) is 0.312. The Labute approximate surface area is 142 Å². The Morgan fingerprint density at radius 3 is 2.74 bits per heavy atom. The average Bonchev–Trinajstić information content (AvgIpc) is 3.18. The van der Waals surface area contributed by atoms with Gasteiger partial charge in [-0.2, -0.15) is 11.8 Å². The first-order chi connectivity index (χ1) is 11.1. The maximum Gasteiger partial charge on any atom is 0.330 e. The van der Waals surface area contributed by atoms with Crippen LogP contribution in [0.25, 0.3) is 10.6 Å². The van der Waals surface area contributed by atoms with Crippen molar-refractivity contribution in [1.29, 1.82) is 0 Å². The first kappa shape index (κ1) is 16.0. The van der Waals surface area contributed by atoms with Crippen LogP contribution in [0.3, 0.4) is 0 Å². The Morgan fingerprint density at radius 2 is 2.09 bits per heavy atom. The lowest BCUT2D eigenvalue weighted by Crippen LogP contribution is -2.55. The molecule has 1 aromatic heterocycles. The van der Waals surface area contributed by atoms with E-state index in [-0.39, 0.29) is 12.3 Å². The van der Waals surface area contributed by atoms with Gasteiger partial charge in [-0.25, -0.2) is 9.78 Å². The van der Waals surface area contributed by atoms with Gasteiger partial charge in [0.25, 0.3) is 0 Å². The topological polar surface area (TPSA) is 79.3 Å². The predicted molar refractivity (Wildman–Crippen MR) is 91.7 cm³/mol. The van der Waals surface area contributed by atoms with Crippen LogP contribution in [0.15, 0.2) is 35.7 Å². The lowest BCUT2D eigenvalue weighted by atomic mass is 9.99. The summed E-state index contributed by atoms with van der Waals surface area (Å²) >= 11 is 3.03. The van der Waals surface area contributed by atoms with E-state index in [4.69, 9.17) is 0 Å². The minimum Gasteiger partial charge on any atom is -0.479 e. The van der Waals surface area contributed by atoms with Gasteiger partial charge in [-0.1, -0.05) is 30.3 Å². The molecule has 1 aromatic carbocycles. The van der Waals surface area contributed by atoms with Crippen molar-refractivity contribution in [2.75, 3.05) is 11.5 Å². The van der Waals surface area contributed by atoms with Crippen LogP contribution in [0, 0.1) is 0 Å². The van der Waals surface area contributed by atoms with E-state index in [1.807, 2.05) is 35.7 Å². The van der Waals surface area contributed by atoms with Gasteiger partial charge >= 0.3 is 5.97 Å². The standard InChI is InChI=1S/C16H16N2O3S2/c19-13(18-16(15(20)21)6-7-22-10-16)8-12-9-23-14(17-12)11-4-2-1-3-5-11/h1-5,9H,6-8,10H2,(H,18,19)(H,20,21). The third-order valence-corrected chi connectivity index (χ3v) is 5.85. The molecule has 1 aliphatic heterocycles. The molecule has 1 saturated heterocycles. The van der Waals surface area contributed by atoms with Crippen LogP contribution >= 0.6 is 23.1 Å². The zero-order valence-corrected chi connectivity index (χ0v) is 14.0. The summed E-state index contributed by atoms with van der Waals surface area (Å²) in [6.45, 7) is 0. The molecule has 3 rings (SSSR count). The molecule has 1 fully saturated rings. The van der Waals surface area contributed by atoms with Gasteiger partial charge in [0, 0.05) is 16.7 Å². The van der Waals surface area contributed by atoms with E-state index in [1.165, 1.54) is 11.3 Å². The van der Waals surface area contributed by atoms with Crippen molar-refractivity contribution < 1.29 is 14.7 Å². The molecule has 2 aromatic rings. The summed E-state index contributed by atoms with van der Waals surface area (Å²) in [5.74, 6) is -0.0825. The Morgan fingerprint density at radius 1 is 1.30 bits per heavy atom. The van der Waals surface area contributed by atoms with Crippen LogP contribution in [-0.2, 0) is 16.0 Å². The van der Waals surface area contributed by atoms with E-state index in [0.717, 1.165) is 16.3 Å². The average molecular weight is 348 g/mol. The highest BCUT2D eigenvalue weighted by Gasteiger charge is 2.43. The number of hydrogen-bond donors (Lipinski definition) is 2. The van der Waals surface area contributed by atoms with Gasteiger partial charge in [0.15, 0.2) is 0 Å². The number of amides is 1. The van der Waals surface area contributed by atoms with E-state index in [1.54, 1.807) is 11.8 Å². The van der Waals surface area contributed by atoms with Gasteiger partial charge in [0.1, 0.15) is 10.5 Å². The molecule has 23 heavy (non-hydrogen) atoms. The van der Waals surface area contributed by atoms with Crippen LogP contribution in [0.2, 0.25) is 0 Å². The maximum atomic E-state index is 12.2. The zero-order valence-electron chi connectivity index (χ0n) is 12.3. The number of thioether (sulfide) groups is 1. The highest BCUT2D eigenvalue weighted by molar-refractivity contribution is 7.99. The van der Waals surface area contributed by atoms with Crippen molar-refractivity contribution in [2.45, 2.75) is 18.4 Å². The van der Waals surface area contributed by atoms with Gasteiger partial charge < -0.3 is 10.4 Å². The normalized spacial score (nSPS) is 20.3. The predicted octanol–water partition coefficient (Wildman–Crippen LogP) is 2.43. The summed E-state index contributed by atoms with van der Waals surface area (Å²) in [6, 6.07) is 9.77. The Kier molecular flexibility index (Phi) is 4.68. The molecule has 0 saturated carbocycles. The second-order valence-corrected chi connectivity index (χ2v) is 7.39. The van der Waals surface area contributed by atoms with Crippen LogP contribution in [0.5, 0.6) is 0 Å². The van der Waals surface area contributed by atoms with Crippen molar-refractivity contribution in [2.24, 2.45) is 0 Å². The molecule has 1 aliphatic rings. The van der Waals surface area contributed by atoms with Crippen LogP contribution in [-0.4, -0.2) is 39.0 Å². The Balaban J connectivity index is 1.67. The smallest absolute Gasteiger partial charge is 0.330 e. The number of hydrogen-bond acceptors (Lipinski definition) is 5. The van der Waals surface area contributed by atoms with Gasteiger partial charge in [0.05, 0.1) is 12.1 Å². The maximum absolute atomic E-state index is 12.2. The molecule has 0 radical (unpaired) electrons. The Bertz CT molecular complexity index is 709. The van der Waals surface area contributed by atoms with Crippen LogP contribution in [0.4, 0.5) is 0 Å². The van der Waals surface area contributed by atoms with Gasteiger partial charge in [-0.15, -0.1) is 11.3 Å². The van der Waals surface area contributed by atoms with Crippen molar-refractivity contribution in [3.05, 3.63) is 41.4 Å². The summed E-state index contributed by atoms with van der Waals surface area (Å²) in [5, 5.41) is 14.8. The molecule has 1 atom stereocenters. The van der Waals surface area contributed by atoms with E-state index >= 15 is 0 Å². The monoisotopic (exact) mass is 348 g/mol. The van der Waals surface area contributed by atoms with Gasteiger partial charge in [0.2, 0.25) is 5.91 Å². The number of aliphatic carboxylic acids is 1. The summed E-state index contributed by atoms with van der Waals surface area (Å²) in [5.41, 5.74) is 0.552. The second kappa shape index (κ2) is 6.72. The quantitative estimate of drug-likeness (QED) is 0.867. The van der Waals surface area contributed by atoms with E-state index in [9.17, 15) is 14.7 Å². The summed E-state index contributed by atoms with van der Waals surface area (Å²) in [6.07, 6.45) is 0.564. The van der Waals surface area contributed by atoms with Crippen molar-refractivity contribution in [3.8, 4) is 10.6 Å². The molecule has 0 bridgehead atoms. The molecule has 1 unspecified atom stereocenters. The molecular formula is C16H16N2O3S2. The first-order valence-corrected chi connectivity index (χ1v) is 9.24. The highest BCUT2D eigenvalue weighted by atomic mass is 32.2. The molecule has 1 amide bonds. The third kappa shape index (κ3) is 3.56. The molecule has 0 aliphatic carbocycles. The number of carboxylic acid groups (broad SMARTS) is 1. The minimum atomic E-state index is -1.12. The summed E-state index contributed by atoms with van der Waals surface area (Å²) < 4.78 is 0. The lowest BCUT2D eigenvalue weighted by Gasteiger charge is -2.24. The molecule has 5 nitrogen and oxygen atoms in total. The number of carbonyl (C=O) groups excluding carboxylic acids is 1. The van der Waals surface area contributed by atoms with E-state index in [0.29, 0.717) is 17.9 Å².